The van der Waals surface area contributed by atoms with E-state index in [9.17, 15) is 4.79 Å². The third-order valence-electron chi connectivity index (χ3n) is 5.06. The van der Waals surface area contributed by atoms with E-state index in [2.05, 4.69) is 33.6 Å². The van der Waals surface area contributed by atoms with Gasteiger partial charge < -0.3 is 9.80 Å². The number of rotatable bonds is 5. The minimum atomic E-state index is -0.0632. The van der Waals surface area contributed by atoms with Crippen molar-refractivity contribution in [3.8, 4) is 22.5 Å². The van der Waals surface area contributed by atoms with E-state index in [4.69, 9.17) is 0 Å². The van der Waals surface area contributed by atoms with E-state index in [1.807, 2.05) is 52.2 Å². The molecule has 148 valence electrons. The average molecular weight is 388 g/mol. The van der Waals surface area contributed by atoms with Crippen LogP contribution in [0.5, 0.6) is 0 Å². The van der Waals surface area contributed by atoms with Crippen LogP contribution in [-0.4, -0.2) is 68.7 Å². The maximum absolute atomic E-state index is 12.8. The zero-order chi connectivity index (χ0) is 20.2. The highest BCUT2D eigenvalue weighted by molar-refractivity contribution is 5.92. The molecule has 0 N–H and O–H groups in total. The van der Waals surface area contributed by atoms with Gasteiger partial charge in [-0.1, -0.05) is 24.3 Å². The van der Waals surface area contributed by atoms with Gasteiger partial charge >= 0.3 is 0 Å². The van der Waals surface area contributed by atoms with Gasteiger partial charge in [0.15, 0.2) is 0 Å². The van der Waals surface area contributed by atoms with E-state index in [-0.39, 0.29) is 5.91 Å². The molecular weight excluding hydrogens is 364 g/mol. The average Bonchev–Trinajstić information content (AvgIpc) is 3.23. The first-order chi connectivity index (χ1) is 14.1. The Bertz CT molecular complexity index is 1020. The van der Waals surface area contributed by atoms with E-state index in [0.29, 0.717) is 31.0 Å². The number of aromatic nitrogens is 4. The first kappa shape index (κ1) is 19.0. The summed E-state index contributed by atoms with van der Waals surface area (Å²) in [6, 6.07) is 9.94. The van der Waals surface area contributed by atoms with Crippen LogP contribution in [-0.2, 0) is 6.54 Å². The van der Waals surface area contributed by atoms with Gasteiger partial charge in [-0.15, -0.1) is 6.58 Å². The molecule has 0 atom stereocenters. The number of carbonyl (C=O) groups is 1. The van der Waals surface area contributed by atoms with Crippen molar-refractivity contribution >= 4 is 5.91 Å². The zero-order valence-electron chi connectivity index (χ0n) is 16.5. The summed E-state index contributed by atoms with van der Waals surface area (Å²) in [7, 11) is 2.07. The van der Waals surface area contributed by atoms with Crippen LogP contribution in [0.3, 0.4) is 0 Å². The van der Waals surface area contributed by atoms with Crippen LogP contribution in [0.2, 0.25) is 0 Å². The number of hydrogen-bond acceptors (Lipinski definition) is 5. The van der Waals surface area contributed by atoms with Crippen LogP contribution in [0, 0.1) is 0 Å². The smallest absolute Gasteiger partial charge is 0.274 e. The van der Waals surface area contributed by atoms with E-state index in [1.54, 1.807) is 12.4 Å². The lowest BCUT2D eigenvalue weighted by molar-refractivity contribution is 0.0658. The van der Waals surface area contributed by atoms with Gasteiger partial charge in [-0.2, -0.15) is 5.10 Å². The molecule has 4 rings (SSSR count). The Morgan fingerprint density at radius 3 is 2.62 bits per heavy atom. The Balaban J connectivity index is 1.58. The Kier molecular flexibility index (Phi) is 5.48. The van der Waals surface area contributed by atoms with Crippen LogP contribution in [0.15, 0.2) is 61.6 Å². The van der Waals surface area contributed by atoms with Crippen molar-refractivity contribution in [3.63, 3.8) is 0 Å². The fourth-order valence-corrected chi connectivity index (χ4v) is 3.37. The van der Waals surface area contributed by atoms with Gasteiger partial charge in [0.2, 0.25) is 0 Å². The van der Waals surface area contributed by atoms with Crippen LogP contribution >= 0.6 is 0 Å². The highest BCUT2D eigenvalue weighted by Gasteiger charge is 2.22. The molecule has 29 heavy (non-hydrogen) atoms. The van der Waals surface area contributed by atoms with E-state index in [1.165, 1.54) is 0 Å². The number of benzene rings is 1. The fraction of sp³-hybridized carbons (Fsp3) is 0.273. The molecule has 1 amide bonds. The second-order valence-electron chi connectivity index (χ2n) is 7.18. The van der Waals surface area contributed by atoms with E-state index < -0.39 is 0 Å². The molecule has 7 heteroatoms. The second kappa shape index (κ2) is 8.36. The molecule has 0 saturated carbocycles. The normalized spacial score (nSPS) is 14.7. The lowest BCUT2D eigenvalue weighted by atomic mass is 10.1. The summed E-state index contributed by atoms with van der Waals surface area (Å²) < 4.78 is 1.84. The van der Waals surface area contributed by atoms with E-state index in [0.717, 1.165) is 29.9 Å². The molecule has 7 nitrogen and oxygen atoms in total. The van der Waals surface area contributed by atoms with Crippen molar-refractivity contribution < 1.29 is 4.79 Å². The molecule has 1 aliphatic rings. The van der Waals surface area contributed by atoms with Gasteiger partial charge in [-0.25, -0.2) is 4.98 Å². The Labute approximate surface area is 170 Å². The number of likely N-dealkylation sites (N-methyl/N-ethyl adjacent to an activating group) is 1. The summed E-state index contributed by atoms with van der Waals surface area (Å²) in [6.07, 6.45) is 6.98. The molecule has 0 unspecified atom stereocenters. The number of piperazine rings is 1. The molecule has 0 radical (unpaired) electrons. The summed E-state index contributed by atoms with van der Waals surface area (Å²) in [5.74, 6) is -0.0632. The Morgan fingerprint density at radius 1 is 1.10 bits per heavy atom. The molecule has 2 aromatic heterocycles. The first-order valence-corrected chi connectivity index (χ1v) is 9.69. The highest BCUT2D eigenvalue weighted by Crippen LogP contribution is 2.24. The maximum Gasteiger partial charge on any atom is 0.274 e. The van der Waals surface area contributed by atoms with Crippen molar-refractivity contribution in [1.29, 1.82) is 0 Å². The largest absolute Gasteiger partial charge is 0.335 e. The number of nitrogens with zero attached hydrogens (tertiary/aromatic N) is 6. The maximum atomic E-state index is 12.8. The molecule has 0 bridgehead atoms. The van der Waals surface area contributed by atoms with Gasteiger partial charge in [0.25, 0.3) is 5.91 Å². The van der Waals surface area contributed by atoms with Gasteiger partial charge in [-0.05, 0) is 19.2 Å². The Hall–Kier alpha value is -3.32. The number of amides is 1. The molecule has 3 aromatic rings. The number of allylic oxidation sites excluding steroid dienone is 1. The molecular formula is C22H24N6O. The predicted molar refractivity (Wildman–Crippen MR) is 112 cm³/mol. The summed E-state index contributed by atoms with van der Waals surface area (Å²) in [5, 5.41) is 4.56. The van der Waals surface area contributed by atoms with Gasteiger partial charge in [0, 0.05) is 43.5 Å². The molecule has 0 spiro atoms. The van der Waals surface area contributed by atoms with Crippen molar-refractivity contribution in [1.82, 2.24) is 29.5 Å². The van der Waals surface area contributed by atoms with Crippen LogP contribution < -0.4 is 0 Å². The monoisotopic (exact) mass is 388 g/mol. The van der Waals surface area contributed by atoms with Crippen molar-refractivity contribution in [3.05, 3.63) is 67.3 Å². The van der Waals surface area contributed by atoms with Crippen molar-refractivity contribution in [2.75, 3.05) is 33.2 Å². The lowest BCUT2D eigenvalue weighted by Gasteiger charge is -2.32. The van der Waals surface area contributed by atoms with Gasteiger partial charge in [-0.3, -0.25) is 14.5 Å². The highest BCUT2D eigenvalue weighted by atomic mass is 16.2. The molecule has 0 aliphatic carbocycles. The van der Waals surface area contributed by atoms with Gasteiger partial charge in [0.05, 0.1) is 30.3 Å². The molecule has 1 fully saturated rings. The standard InChI is InChI=1S/C22H24N6O/c1-3-8-28-9-7-19(25-28)17-5-4-6-18(14-17)20-15-23-16-21(24-20)22(29)27-12-10-26(2)11-13-27/h3-7,9,14-16H,1,8,10-13H2,2H3. The summed E-state index contributed by atoms with van der Waals surface area (Å²) in [6.45, 7) is 7.58. The SMILES string of the molecule is C=CCn1ccc(-c2cccc(-c3cncc(C(=O)N4CCN(C)CC4)n3)c2)n1. The van der Waals surface area contributed by atoms with Crippen LogP contribution in [0.4, 0.5) is 0 Å². The minimum Gasteiger partial charge on any atom is -0.335 e. The number of carbonyl (C=O) groups excluding carboxylic acids is 1. The number of hydrogen-bond donors (Lipinski definition) is 0. The molecule has 1 aromatic carbocycles. The van der Waals surface area contributed by atoms with Gasteiger partial charge in [0.1, 0.15) is 5.69 Å². The second-order valence-corrected chi connectivity index (χ2v) is 7.18. The molecule has 1 aliphatic heterocycles. The molecule has 3 heterocycles. The van der Waals surface area contributed by atoms with Crippen LogP contribution in [0.25, 0.3) is 22.5 Å². The zero-order valence-corrected chi connectivity index (χ0v) is 16.5. The van der Waals surface area contributed by atoms with Crippen molar-refractivity contribution in [2.45, 2.75) is 6.54 Å². The fourth-order valence-electron chi connectivity index (χ4n) is 3.37. The van der Waals surface area contributed by atoms with Crippen molar-refractivity contribution in [2.24, 2.45) is 0 Å². The topological polar surface area (TPSA) is 67.2 Å². The molecule has 1 saturated heterocycles. The first-order valence-electron chi connectivity index (χ1n) is 9.69. The quantitative estimate of drug-likeness (QED) is 0.629. The lowest BCUT2D eigenvalue weighted by Crippen LogP contribution is -2.47. The Morgan fingerprint density at radius 2 is 1.86 bits per heavy atom. The summed E-state index contributed by atoms with van der Waals surface area (Å²) >= 11 is 0. The summed E-state index contributed by atoms with van der Waals surface area (Å²) in [4.78, 5) is 25.8. The van der Waals surface area contributed by atoms with E-state index >= 15 is 0 Å². The predicted octanol–water partition coefficient (Wildman–Crippen LogP) is 2.58. The third kappa shape index (κ3) is 4.25. The summed E-state index contributed by atoms with van der Waals surface area (Å²) in [5.41, 5.74) is 3.83. The van der Waals surface area contributed by atoms with Crippen LogP contribution in [0.1, 0.15) is 10.5 Å². The minimum absolute atomic E-state index is 0.0632. The third-order valence-corrected chi connectivity index (χ3v) is 5.06.